The summed E-state index contributed by atoms with van der Waals surface area (Å²) in [6, 6.07) is 0. The number of carbonyl (C=O) groups is 1. The summed E-state index contributed by atoms with van der Waals surface area (Å²) < 4.78 is 5.52. The van der Waals surface area contributed by atoms with Crippen molar-refractivity contribution < 1.29 is 9.53 Å². The van der Waals surface area contributed by atoms with Gasteiger partial charge in [-0.2, -0.15) is 0 Å². The van der Waals surface area contributed by atoms with Gasteiger partial charge in [0, 0.05) is 45.8 Å². The van der Waals surface area contributed by atoms with Gasteiger partial charge in [-0.05, 0) is 20.0 Å². The van der Waals surface area contributed by atoms with Crippen LogP contribution in [0.15, 0.2) is 0 Å². The fraction of sp³-hybridized carbons (Fsp3) is 0.929. The molecule has 0 aromatic carbocycles. The summed E-state index contributed by atoms with van der Waals surface area (Å²) in [5.41, 5.74) is 0. The van der Waals surface area contributed by atoms with Crippen LogP contribution in [-0.2, 0) is 9.53 Å². The highest BCUT2D eigenvalue weighted by atomic mass is 16.5. The molecular weight excluding hydrogens is 256 g/mol. The van der Waals surface area contributed by atoms with E-state index in [-0.39, 0.29) is 12.0 Å². The number of nitrogens with one attached hydrogen (secondary N) is 2. The number of rotatable bonds is 6. The zero-order valence-corrected chi connectivity index (χ0v) is 12.6. The van der Waals surface area contributed by atoms with Crippen molar-refractivity contribution in [2.45, 2.75) is 18.9 Å². The first kappa shape index (κ1) is 15.7. The molecule has 0 aliphatic carbocycles. The van der Waals surface area contributed by atoms with Gasteiger partial charge < -0.3 is 25.2 Å². The van der Waals surface area contributed by atoms with E-state index in [1.54, 1.807) is 0 Å². The minimum absolute atomic E-state index is 0.0429. The van der Waals surface area contributed by atoms with E-state index >= 15 is 0 Å². The van der Waals surface area contributed by atoms with Crippen LogP contribution in [0.2, 0.25) is 0 Å². The van der Waals surface area contributed by atoms with Crippen molar-refractivity contribution in [3.05, 3.63) is 0 Å². The molecule has 0 saturated carbocycles. The Hall–Kier alpha value is -0.690. The molecule has 1 amide bonds. The minimum Gasteiger partial charge on any atom is -0.375 e. The van der Waals surface area contributed by atoms with E-state index in [2.05, 4.69) is 27.5 Å². The Balaban J connectivity index is 1.48. The van der Waals surface area contributed by atoms with Gasteiger partial charge in [0.05, 0.1) is 19.1 Å². The fourth-order valence-electron chi connectivity index (χ4n) is 2.63. The second kappa shape index (κ2) is 8.56. The first-order chi connectivity index (χ1) is 9.74. The summed E-state index contributed by atoms with van der Waals surface area (Å²) in [6.45, 7) is 8.83. The number of piperazine rings is 1. The first-order valence-corrected chi connectivity index (χ1v) is 7.74. The summed E-state index contributed by atoms with van der Waals surface area (Å²) in [6.07, 6.45) is 1.54. The van der Waals surface area contributed by atoms with Gasteiger partial charge in [-0.1, -0.05) is 0 Å². The maximum absolute atomic E-state index is 11.8. The standard InChI is InChI=1S/C14H28N4O2/c1-17-6-8-18(9-7-17)5-2-3-16-14(19)11-13-12-15-4-10-20-13/h13,15H,2-12H2,1H3,(H,16,19). The van der Waals surface area contributed by atoms with E-state index in [4.69, 9.17) is 4.74 Å². The van der Waals surface area contributed by atoms with Crippen molar-refractivity contribution in [1.82, 2.24) is 20.4 Å². The maximum atomic E-state index is 11.8. The van der Waals surface area contributed by atoms with Crippen LogP contribution in [0.3, 0.4) is 0 Å². The monoisotopic (exact) mass is 284 g/mol. The molecule has 2 fully saturated rings. The smallest absolute Gasteiger partial charge is 0.222 e. The zero-order chi connectivity index (χ0) is 14.2. The van der Waals surface area contributed by atoms with Crippen molar-refractivity contribution in [2.75, 3.05) is 66.0 Å². The molecular formula is C14H28N4O2. The van der Waals surface area contributed by atoms with Gasteiger partial charge in [-0.3, -0.25) is 4.79 Å². The molecule has 6 nitrogen and oxygen atoms in total. The topological polar surface area (TPSA) is 56.8 Å². The number of likely N-dealkylation sites (N-methyl/N-ethyl adjacent to an activating group) is 1. The lowest BCUT2D eigenvalue weighted by Gasteiger charge is -2.32. The van der Waals surface area contributed by atoms with Gasteiger partial charge in [0.15, 0.2) is 0 Å². The molecule has 0 radical (unpaired) electrons. The Morgan fingerprint density at radius 2 is 2.15 bits per heavy atom. The summed E-state index contributed by atoms with van der Waals surface area (Å²) >= 11 is 0. The highest BCUT2D eigenvalue weighted by Crippen LogP contribution is 2.02. The van der Waals surface area contributed by atoms with E-state index < -0.39 is 0 Å². The summed E-state index contributed by atoms with van der Waals surface area (Å²) in [7, 11) is 2.17. The van der Waals surface area contributed by atoms with Gasteiger partial charge in [0.1, 0.15) is 0 Å². The molecule has 1 atom stereocenters. The predicted molar refractivity (Wildman–Crippen MR) is 78.8 cm³/mol. The zero-order valence-electron chi connectivity index (χ0n) is 12.6. The van der Waals surface area contributed by atoms with E-state index in [0.717, 1.165) is 58.8 Å². The molecule has 0 spiro atoms. The average Bonchev–Trinajstić information content (AvgIpc) is 2.46. The van der Waals surface area contributed by atoms with Crippen molar-refractivity contribution in [1.29, 1.82) is 0 Å². The van der Waals surface area contributed by atoms with E-state index in [1.165, 1.54) is 0 Å². The van der Waals surface area contributed by atoms with E-state index in [0.29, 0.717) is 13.0 Å². The largest absolute Gasteiger partial charge is 0.375 e. The molecule has 2 rings (SSSR count). The lowest BCUT2D eigenvalue weighted by molar-refractivity contribution is -0.124. The number of morpholine rings is 1. The van der Waals surface area contributed by atoms with Gasteiger partial charge in [0.25, 0.3) is 0 Å². The SMILES string of the molecule is CN1CCN(CCCNC(=O)CC2CNCCO2)CC1. The molecule has 116 valence electrons. The average molecular weight is 284 g/mol. The molecule has 0 aromatic rings. The number of ether oxygens (including phenoxy) is 1. The summed E-state index contributed by atoms with van der Waals surface area (Å²) in [5, 5.41) is 6.23. The fourth-order valence-corrected chi connectivity index (χ4v) is 2.63. The molecule has 2 N–H and O–H groups in total. The second-order valence-corrected chi connectivity index (χ2v) is 5.75. The van der Waals surface area contributed by atoms with Crippen LogP contribution in [0.1, 0.15) is 12.8 Å². The van der Waals surface area contributed by atoms with Crippen LogP contribution in [0.25, 0.3) is 0 Å². The Morgan fingerprint density at radius 1 is 1.35 bits per heavy atom. The molecule has 2 saturated heterocycles. The van der Waals surface area contributed by atoms with Crippen LogP contribution < -0.4 is 10.6 Å². The number of nitrogens with zero attached hydrogens (tertiary/aromatic N) is 2. The highest BCUT2D eigenvalue weighted by molar-refractivity contribution is 5.76. The number of carbonyl (C=O) groups excluding carboxylic acids is 1. The van der Waals surface area contributed by atoms with Gasteiger partial charge in [-0.25, -0.2) is 0 Å². The third-order valence-electron chi connectivity index (χ3n) is 3.99. The molecule has 2 heterocycles. The molecule has 0 bridgehead atoms. The molecule has 2 aliphatic heterocycles. The minimum atomic E-state index is 0.0429. The van der Waals surface area contributed by atoms with Crippen molar-refractivity contribution in [2.24, 2.45) is 0 Å². The quantitative estimate of drug-likeness (QED) is 0.620. The molecule has 2 aliphatic rings. The lowest BCUT2D eigenvalue weighted by Crippen LogP contribution is -2.45. The van der Waals surface area contributed by atoms with E-state index in [1.807, 2.05) is 0 Å². The summed E-state index contributed by atoms with van der Waals surface area (Å²) in [5.74, 6) is 0.108. The third kappa shape index (κ3) is 5.75. The molecule has 20 heavy (non-hydrogen) atoms. The maximum Gasteiger partial charge on any atom is 0.222 e. The van der Waals surface area contributed by atoms with Crippen LogP contribution in [-0.4, -0.2) is 87.8 Å². The Kier molecular flexibility index (Phi) is 6.72. The molecule has 1 unspecified atom stereocenters. The third-order valence-corrected chi connectivity index (χ3v) is 3.99. The number of hydrogen-bond acceptors (Lipinski definition) is 5. The van der Waals surface area contributed by atoms with Crippen molar-refractivity contribution in [3.63, 3.8) is 0 Å². The number of amides is 1. The van der Waals surface area contributed by atoms with Gasteiger partial charge in [0.2, 0.25) is 5.91 Å². The van der Waals surface area contributed by atoms with Gasteiger partial charge >= 0.3 is 0 Å². The first-order valence-electron chi connectivity index (χ1n) is 7.74. The van der Waals surface area contributed by atoms with Gasteiger partial charge in [-0.15, -0.1) is 0 Å². The van der Waals surface area contributed by atoms with Crippen LogP contribution >= 0.6 is 0 Å². The Morgan fingerprint density at radius 3 is 2.85 bits per heavy atom. The van der Waals surface area contributed by atoms with Crippen LogP contribution in [0, 0.1) is 0 Å². The molecule has 0 aromatic heterocycles. The highest BCUT2D eigenvalue weighted by Gasteiger charge is 2.17. The predicted octanol–water partition coefficient (Wildman–Crippen LogP) is -0.881. The van der Waals surface area contributed by atoms with Crippen molar-refractivity contribution >= 4 is 5.91 Å². The van der Waals surface area contributed by atoms with Crippen LogP contribution in [0.5, 0.6) is 0 Å². The Bertz CT molecular complexity index is 287. The van der Waals surface area contributed by atoms with Crippen LogP contribution in [0.4, 0.5) is 0 Å². The molecule has 6 heteroatoms. The normalized spacial score (nSPS) is 25.6. The lowest BCUT2D eigenvalue weighted by atomic mass is 10.2. The van der Waals surface area contributed by atoms with E-state index in [9.17, 15) is 4.79 Å². The summed E-state index contributed by atoms with van der Waals surface area (Å²) in [4.78, 5) is 16.6. The van der Waals surface area contributed by atoms with Crippen molar-refractivity contribution in [3.8, 4) is 0 Å². The Labute approximate surface area is 121 Å². The number of hydrogen-bond donors (Lipinski definition) is 2. The second-order valence-electron chi connectivity index (χ2n) is 5.75.